The lowest BCUT2D eigenvalue weighted by Crippen LogP contribution is -2.36. The van der Waals surface area contributed by atoms with E-state index in [4.69, 9.17) is 38.9 Å². The van der Waals surface area contributed by atoms with Gasteiger partial charge in [0.2, 0.25) is 29.7 Å². The van der Waals surface area contributed by atoms with Crippen molar-refractivity contribution in [3.8, 4) is 23.0 Å². The van der Waals surface area contributed by atoms with E-state index in [0.29, 0.717) is 48.5 Å². The van der Waals surface area contributed by atoms with Crippen molar-refractivity contribution >= 4 is 96.6 Å². The fraction of sp³-hybridized carbons (Fsp3) is 0.516. The van der Waals surface area contributed by atoms with Crippen LogP contribution in [0, 0.1) is 17.8 Å². The fourth-order valence-electron chi connectivity index (χ4n) is 19.4. The third kappa shape index (κ3) is 19.0. The summed E-state index contributed by atoms with van der Waals surface area (Å²) < 4.78 is 30.9. The number of hydrogen-bond acceptors (Lipinski definition) is 25. The standard InChI is InChI=1S/C24H32N6O.C23H29N7O2.2C23H30N6O/c1-4-16-5-7-20(8-6-16)30-23-19(14-26-30)13-25-24(28-23)27-21-11-18-15-29(2)10-9-17(18)12-22(21)31-3;1-15(31)29-7-4-5-19(29)14-30-22-18(12-25-30)11-24-23(27-22)26-20-9-17-13-28(2)8-6-16(17)10-21(20)32-3;2*1-15-4-6-19(7-5-15)29-22-18(13-25-29)12-24-23(27-22)26-20-10-17-14-28(2)9-8-16(17)11-21(20)30-3/h11-14,16,20H,4-10,15H2,1-3H3,(H,25,27,28);9-12,19H,4-8,13-14H2,1-3H3,(H,24,26,27);2*10-13,15,19H,4-9,14H2,1-3H3,(H,24,26,27)/t;19-;;/m.0../s1. The summed E-state index contributed by atoms with van der Waals surface area (Å²) in [6.45, 7) is 18.1. The Hall–Kier alpha value is -11.2. The Morgan fingerprint density at radius 1 is 0.382 bits per heavy atom. The van der Waals surface area contributed by atoms with Crippen LogP contribution in [-0.4, -0.2) is 205 Å². The van der Waals surface area contributed by atoms with Crippen LogP contribution in [-0.2, 0) is 63.2 Å². The van der Waals surface area contributed by atoms with Crippen LogP contribution in [0.2, 0.25) is 0 Å². The van der Waals surface area contributed by atoms with Gasteiger partial charge in [0.15, 0.2) is 22.6 Å². The van der Waals surface area contributed by atoms with E-state index in [1.165, 1.54) is 102 Å². The van der Waals surface area contributed by atoms with Crippen LogP contribution in [0.5, 0.6) is 23.0 Å². The maximum Gasteiger partial charge on any atom is 0.229 e. The third-order valence-corrected chi connectivity index (χ3v) is 26.8. The number of ether oxygens (including phenoxy) is 4. The van der Waals surface area contributed by atoms with E-state index in [0.717, 1.165) is 231 Å². The predicted molar refractivity (Wildman–Crippen MR) is 482 cm³/mol. The van der Waals surface area contributed by atoms with Crippen molar-refractivity contribution in [3.05, 3.63) is 143 Å². The molecule has 8 aromatic heterocycles. The first-order valence-electron chi connectivity index (χ1n) is 44.5. The van der Waals surface area contributed by atoms with Gasteiger partial charge in [0.25, 0.3) is 0 Å². The second kappa shape index (κ2) is 37.5. The molecule has 30 nitrogen and oxygen atoms in total. The number of hydrogen-bond donors (Lipinski definition) is 4. The molecule has 3 saturated carbocycles. The number of nitrogens with one attached hydrogen (secondary N) is 4. The molecule has 1 saturated heterocycles. The van der Waals surface area contributed by atoms with Gasteiger partial charge in [0.1, 0.15) is 23.0 Å². The summed E-state index contributed by atoms with van der Waals surface area (Å²) in [5.74, 6) is 8.12. The van der Waals surface area contributed by atoms with E-state index in [1.807, 2.05) is 46.8 Å². The smallest absolute Gasteiger partial charge is 0.229 e. The topological polar surface area (TPSA) is 293 Å². The Morgan fingerprint density at radius 3 is 1.01 bits per heavy atom. The highest BCUT2D eigenvalue weighted by molar-refractivity contribution is 5.80. The van der Waals surface area contributed by atoms with Crippen molar-refractivity contribution in [1.82, 2.24) is 103 Å². The number of anilines is 8. The molecule has 13 heterocycles. The van der Waals surface area contributed by atoms with Crippen LogP contribution in [0.4, 0.5) is 46.5 Å². The SMILES string of the molecule is CCC1CCC(n2ncc3cnc(Nc4cc5c(cc4OC)CCN(C)C5)nc32)CC1.COc1cc2c(cc1Nc1ncc3cnn(C4CCC(C)CC4)c3n1)CN(C)CC2.COc1cc2c(cc1Nc1ncc3cnn(C4CCC(C)CC4)c3n1)CN(C)CC2.COc1cc2c(cc1Nc1ncc3cnn(C[C@@H]4CCCN4C(C)=O)c3n1)CN(C)CC2. The molecule has 123 heavy (non-hydrogen) atoms. The van der Waals surface area contributed by atoms with Gasteiger partial charge in [-0.05, 0) is 255 Å². The maximum atomic E-state index is 11.9. The average molecular weight is 1670 g/mol. The minimum absolute atomic E-state index is 0.117. The second-order valence-electron chi connectivity index (χ2n) is 35.6. The van der Waals surface area contributed by atoms with Crippen molar-refractivity contribution in [2.75, 3.05) is 111 Å². The van der Waals surface area contributed by atoms with E-state index in [1.54, 1.807) is 47.8 Å². The van der Waals surface area contributed by atoms with Gasteiger partial charge in [-0.25, -0.2) is 38.7 Å². The fourth-order valence-corrected chi connectivity index (χ4v) is 19.4. The molecule has 8 aliphatic rings. The van der Waals surface area contributed by atoms with E-state index in [9.17, 15) is 4.79 Å². The number of amides is 1. The number of likely N-dealkylation sites (N-methyl/N-ethyl adjacent to an activating group) is 4. The number of fused-ring (bicyclic) bond motifs is 8. The summed E-state index contributed by atoms with van der Waals surface area (Å²) in [6.07, 6.45) is 36.8. The van der Waals surface area contributed by atoms with Gasteiger partial charge in [0.05, 0.1) is 128 Å². The third-order valence-electron chi connectivity index (χ3n) is 26.8. The molecular weight excluding hydrogens is 1550 g/mol. The molecule has 0 unspecified atom stereocenters. The molecule has 1 amide bonds. The molecule has 648 valence electrons. The lowest BCUT2D eigenvalue weighted by Gasteiger charge is -2.28. The number of carbonyl (C=O) groups excluding carboxylic acids is 1. The van der Waals surface area contributed by atoms with Gasteiger partial charge >= 0.3 is 0 Å². The summed E-state index contributed by atoms with van der Waals surface area (Å²) >= 11 is 0. The number of carbonyl (C=O) groups is 1. The second-order valence-corrected chi connectivity index (χ2v) is 35.6. The highest BCUT2D eigenvalue weighted by Gasteiger charge is 2.32. The Bertz CT molecular complexity index is 5550. The van der Waals surface area contributed by atoms with Gasteiger partial charge < -0.3 is 64.7 Å². The minimum atomic E-state index is 0.117. The Morgan fingerprint density at radius 2 is 0.691 bits per heavy atom. The molecule has 4 aromatic carbocycles. The number of methoxy groups -OCH3 is 4. The van der Waals surface area contributed by atoms with Crippen LogP contribution in [0.3, 0.4) is 0 Å². The van der Waals surface area contributed by atoms with Crippen LogP contribution < -0.4 is 40.2 Å². The van der Waals surface area contributed by atoms with Crippen LogP contribution >= 0.6 is 0 Å². The van der Waals surface area contributed by atoms with Crippen LogP contribution in [0.25, 0.3) is 44.1 Å². The van der Waals surface area contributed by atoms with Crippen molar-refractivity contribution in [3.63, 3.8) is 0 Å². The highest BCUT2D eigenvalue weighted by Crippen LogP contribution is 2.42. The Balaban J connectivity index is 0.000000116. The first kappa shape index (κ1) is 84.0. The summed E-state index contributed by atoms with van der Waals surface area (Å²) in [5.41, 5.74) is 17.7. The molecule has 0 spiro atoms. The largest absolute Gasteiger partial charge is 0.495 e. The predicted octanol–water partition coefficient (Wildman–Crippen LogP) is 15.9. The zero-order valence-corrected chi connectivity index (χ0v) is 73.7. The number of rotatable bonds is 18. The summed E-state index contributed by atoms with van der Waals surface area (Å²) in [7, 11) is 15.4. The molecular formula is C93H121N25O5. The lowest BCUT2D eigenvalue weighted by atomic mass is 9.84. The van der Waals surface area contributed by atoms with E-state index >= 15 is 0 Å². The zero-order valence-electron chi connectivity index (χ0n) is 73.7. The number of aromatic nitrogens is 16. The molecule has 30 heteroatoms. The molecule has 1 atom stereocenters. The van der Waals surface area contributed by atoms with Gasteiger partial charge in [0, 0.05) is 90.6 Å². The molecule has 20 rings (SSSR count). The van der Waals surface area contributed by atoms with E-state index < -0.39 is 0 Å². The van der Waals surface area contributed by atoms with Gasteiger partial charge in [-0.15, -0.1) is 0 Å². The summed E-state index contributed by atoms with van der Waals surface area (Å²) in [5, 5.41) is 35.9. The quantitative estimate of drug-likeness (QED) is 0.0620. The first-order valence-corrected chi connectivity index (χ1v) is 44.5. The minimum Gasteiger partial charge on any atom is -0.495 e. The zero-order chi connectivity index (χ0) is 84.9. The van der Waals surface area contributed by atoms with Crippen molar-refractivity contribution in [1.29, 1.82) is 0 Å². The molecule has 0 bridgehead atoms. The molecule has 3 aliphatic carbocycles. The molecule has 12 aromatic rings. The van der Waals surface area contributed by atoms with Crippen molar-refractivity contribution in [2.45, 2.75) is 207 Å². The van der Waals surface area contributed by atoms with E-state index in [2.05, 4.69) is 193 Å². The highest BCUT2D eigenvalue weighted by atomic mass is 16.5. The Kier molecular flexibility index (Phi) is 25.6. The van der Waals surface area contributed by atoms with Gasteiger partial charge in [-0.2, -0.15) is 40.3 Å². The molecule has 5 aliphatic heterocycles. The number of nitrogens with zero attached hydrogens (tertiary/aromatic N) is 21. The van der Waals surface area contributed by atoms with Crippen molar-refractivity contribution < 1.29 is 23.7 Å². The number of benzene rings is 4. The average Bonchev–Trinajstić information content (AvgIpc) is 1.45. The van der Waals surface area contributed by atoms with Crippen molar-refractivity contribution in [2.24, 2.45) is 17.8 Å². The lowest BCUT2D eigenvalue weighted by molar-refractivity contribution is -0.129. The number of likely N-dealkylation sites (tertiary alicyclic amines) is 1. The monoisotopic (exact) mass is 1670 g/mol. The van der Waals surface area contributed by atoms with Crippen LogP contribution in [0.15, 0.2) is 98.1 Å². The summed E-state index contributed by atoms with van der Waals surface area (Å²) in [4.78, 5) is 60.6. The normalized spacial score (nSPS) is 21.1. The molecule has 0 radical (unpaired) electrons. The van der Waals surface area contributed by atoms with Crippen LogP contribution in [0.1, 0.15) is 187 Å². The Labute approximate surface area is 720 Å². The molecule has 4 fully saturated rings. The maximum absolute atomic E-state index is 11.9. The first-order chi connectivity index (χ1) is 59.9. The van der Waals surface area contributed by atoms with E-state index in [-0.39, 0.29) is 11.9 Å². The molecule has 4 N–H and O–H groups in total. The summed E-state index contributed by atoms with van der Waals surface area (Å²) in [6, 6.07) is 18.7. The van der Waals surface area contributed by atoms with Gasteiger partial charge in [-0.1, -0.05) is 27.2 Å². The van der Waals surface area contributed by atoms with Gasteiger partial charge in [-0.3, -0.25) is 4.79 Å².